The van der Waals surface area contributed by atoms with E-state index in [1.807, 2.05) is 6.26 Å². The molecule has 76 valence electrons. The van der Waals surface area contributed by atoms with Gasteiger partial charge in [0.05, 0.1) is 6.61 Å². The summed E-state index contributed by atoms with van der Waals surface area (Å²) in [6.45, 7) is 4.68. The van der Waals surface area contributed by atoms with Crippen molar-refractivity contribution in [1.29, 1.82) is 0 Å². The van der Waals surface area contributed by atoms with E-state index in [1.54, 1.807) is 0 Å². The third-order valence-corrected chi connectivity index (χ3v) is 3.16. The maximum Gasteiger partial charge on any atom is 0.209 e. The van der Waals surface area contributed by atoms with Gasteiger partial charge in [0.1, 0.15) is 17.0 Å². The molecule has 4 nitrogen and oxygen atoms in total. The number of nitrogens with zero attached hydrogens (tertiary/aromatic N) is 3. The monoisotopic (exact) mass is 211 g/mol. The van der Waals surface area contributed by atoms with Crippen LogP contribution in [0.1, 0.15) is 31.7 Å². The van der Waals surface area contributed by atoms with E-state index >= 15 is 0 Å². The molecule has 0 bridgehead atoms. The fourth-order valence-corrected chi connectivity index (χ4v) is 1.81. The molecule has 2 rings (SSSR count). The highest BCUT2D eigenvalue weighted by atomic mass is 32.2. The molecule has 0 saturated heterocycles. The summed E-state index contributed by atoms with van der Waals surface area (Å²) in [5.41, 5.74) is 1.57. The van der Waals surface area contributed by atoms with Crippen LogP contribution in [0.5, 0.6) is 0 Å². The molecule has 0 spiro atoms. The van der Waals surface area contributed by atoms with Crippen molar-refractivity contribution >= 4 is 11.8 Å². The number of ether oxygens (including phenoxy) is 1. The topological polar surface area (TPSA) is 47.9 Å². The zero-order valence-electron chi connectivity index (χ0n) is 8.57. The number of hydrogen-bond donors (Lipinski definition) is 0. The summed E-state index contributed by atoms with van der Waals surface area (Å²) in [6.07, 6.45) is 2.86. The maximum absolute atomic E-state index is 5.69. The third kappa shape index (κ3) is 1.40. The molecule has 2 heterocycles. The average molecular weight is 211 g/mol. The van der Waals surface area contributed by atoms with Crippen LogP contribution >= 0.6 is 11.8 Å². The molecule has 1 aromatic heterocycles. The Kier molecular flexibility index (Phi) is 2.45. The van der Waals surface area contributed by atoms with Crippen LogP contribution in [0.4, 0.5) is 0 Å². The lowest BCUT2D eigenvalue weighted by molar-refractivity contribution is -0.0287. The predicted octanol–water partition coefficient (Wildman–Crippen LogP) is 1.75. The maximum atomic E-state index is 5.69. The highest BCUT2D eigenvalue weighted by Gasteiger charge is 2.37. The second-order valence-corrected chi connectivity index (χ2v) is 4.24. The molecule has 1 unspecified atom stereocenters. The molecule has 0 radical (unpaired) electrons. The summed E-state index contributed by atoms with van der Waals surface area (Å²) in [7, 11) is 0. The van der Waals surface area contributed by atoms with Crippen LogP contribution in [0.15, 0.2) is 5.16 Å². The third-order valence-electron chi connectivity index (χ3n) is 2.62. The standard InChI is InChI=1S/C9H13N3OS/c1-4-9(2)7-6(5-13-9)11-12-8(10-7)14-3/h4-5H2,1-3H3. The van der Waals surface area contributed by atoms with Gasteiger partial charge in [-0.3, -0.25) is 0 Å². The molecule has 14 heavy (non-hydrogen) atoms. The average Bonchev–Trinajstić information content (AvgIpc) is 2.57. The van der Waals surface area contributed by atoms with Gasteiger partial charge < -0.3 is 4.74 Å². The van der Waals surface area contributed by atoms with Crippen molar-refractivity contribution in [2.45, 2.75) is 37.6 Å². The van der Waals surface area contributed by atoms with E-state index in [9.17, 15) is 0 Å². The second kappa shape index (κ2) is 3.47. The summed E-state index contributed by atoms with van der Waals surface area (Å²) in [6, 6.07) is 0. The van der Waals surface area contributed by atoms with Crippen molar-refractivity contribution in [3.8, 4) is 0 Å². The van der Waals surface area contributed by atoms with Crippen LogP contribution in [0.2, 0.25) is 0 Å². The fourth-order valence-electron chi connectivity index (χ4n) is 1.51. The minimum atomic E-state index is -0.268. The van der Waals surface area contributed by atoms with E-state index in [4.69, 9.17) is 4.74 Å². The molecule has 0 N–H and O–H groups in total. The Morgan fingerprint density at radius 1 is 1.50 bits per heavy atom. The molecule has 0 aromatic carbocycles. The highest BCUT2D eigenvalue weighted by molar-refractivity contribution is 7.98. The smallest absolute Gasteiger partial charge is 0.209 e. The highest BCUT2D eigenvalue weighted by Crippen LogP contribution is 2.36. The van der Waals surface area contributed by atoms with Gasteiger partial charge in [0.25, 0.3) is 0 Å². The van der Waals surface area contributed by atoms with E-state index in [2.05, 4.69) is 29.0 Å². The van der Waals surface area contributed by atoms with Gasteiger partial charge >= 0.3 is 0 Å². The van der Waals surface area contributed by atoms with Gasteiger partial charge in [0, 0.05) is 0 Å². The molecule has 1 aliphatic heterocycles. The Balaban J connectivity index is 2.47. The van der Waals surface area contributed by atoms with Crippen molar-refractivity contribution in [3.63, 3.8) is 0 Å². The molecular formula is C9H13N3OS. The van der Waals surface area contributed by atoms with E-state index in [0.717, 1.165) is 17.8 Å². The van der Waals surface area contributed by atoms with Crippen molar-refractivity contribution in [3.05, 3.63) is 11.4 Å². The molecule has 0 aliphatic carbocycles. The minimum absolute atomic E-state index is 0.268. The van der Waals surface area contributed by atoms with E-state index in [-0.39, 0.29) is 5.60 Å². The van der Waals surface area contributed by atoms with Gasteiger partial charge in [-0.2, -0.15) is 0 Å². The largest absolute Gasteiger partial charge is 0.362 e. The van der Waals surface area contributed by atoms with Crippen LogP contribution in [-0.2, 0) is 16.9 Å². The second-order valence-electron chi connectivity index (χ2n) is 3.47. The number of fused-ring (bicyclic) bond motifs is 1. The Hall–Kier alpha value is -0.680. The molecule has 0 fully saturated rings. The first kappa shape index (κ1) is 9.86. The number of rotatable bonds is 2. The fraction of sp³-hybridized carbons (Fsp3) is 0.667. The first-order valence-electron chi connectivity index (χ1n) is 4.61. The van der Waals surface area contributed by atoms with Crippen molar-refractivity contribution in [2.75, 3.05) is 6.26 Å². The van der Waals surface area contributed by atoms with Gasteiger partial charge in [-0.1, -0.05) is 18.7 Å². The van der Waals surface area contributed by atoms with Crippen LogP contribution in [0, 0.1) is 0 Å². The van der Waals surface area contributed by atoms with Gasteiger partial charge in [0.15, 0.2) is 0 Å². The molecule has 1 atom stereocenters. The number of thioether (sulfide) groups is 1. The summed E-state index contributed by atoms with van der Waals surface area (Å²) >= 11 is 1.51. The van der Waals surface area contributed by atoms with Crippen molar-refractivity contribution in [1.82, 2.24) is 15.2 Å². The number of hydrogen-bond acceptors (Lipinski definition) is 5. The van der Waals surface area contributed by atoms with E-state index in [0.29, 0.717) is 11.8 Å². The lowest BCUT2D eigenvalue weighted by atomic mass is 10.00. The van der Waals surface area contributed by atoms with Crippen molar-refractivity contribution in [2.24, 2.45) is 0 Å². The van der Waals surface area contributed by atoms with E-state index in [1.165, 1.54) is 11.8 Å². The molecule has 5 heteroatoms. The first-order chi connectivity index (χ1) is 6.69. The van der Waals surface area contributed by atoms with Gasteiger partial charge in [-0.05, 0) is 19.6 Å². The predicted molar refractivity (Wildman–Crippen MR) is 54.0 cm³/mol. The summed E-state index contributed by atoms with van der Waals surface area (Å²) in [4.78, 5) is 4.46. The lowest BCUT2D eigenvalue weighted by Gasteiger charge is -2.20. The molecule has 1 aliphatic rings. The zero-order chi connectivity index (χ0) is 10.2. The molecular weight excluding hydrogens is 198 g/mol. The Bertz CT molecular complexity index is 358. The summed E-state index contributed by atoms with van der Waals surface area (Å²) in [5.74, 6) is 0. The van der Waals surface area contributed by atoms with E-state index < -0.39 is 0 Å². The quantitative estimate of drug-likeness (QED) is 0.697. The zero-order valence-corrected chi connectivity index (χ0v) is 9.39. The normalized spacial score (nSPS) is 25.1. The molecule has 0 amide bonds. The summed E-state index contributed by atoms with van der Waals surface area (Å²) in [5, 5.41) is 8.82. The summed E-state index contributed by atoms with van der Waals surface area (Å²) < 4.78 is 5.69. The molecule has 1 aromatic rings. The van der Waals surface area contributed by atoms with Crippen LogP contribution < -0.4 is 0 Å². The van der Waals surface area contributed by atoms with Gasteiger partial charge in [-0.15, -0.1) is 10.2 Å². The first-order valence-corrected chi connectivity index (χ1v) is 5.84. The Labute approximate surface area is 87.5 Å². The molecule has 0 saturated carbocycles. The number of aromatic nitrogens is 3. The van der Waals surface area contributed by atoms with Crippen LogP contribution in [-0.4, -0.2) is 21.4 Å². The van der Waals surface area contributed by atoms with Gasteiger partial charge in [0.2, 0.25) is 5.16 Å². The van der Waals surface area contributed by atoms with Crippen LogP contribution in [0.3, 0.4) is 0 Å². The lowest BCUT2D eigenvalue weighted by Crippen LogP contribution is -2.21. The van der Waals surface area contributed by atoms with Gasteiger partial charge in [-0.25, -0.2) is 4.98 Å². The Morgan fingerprint density at radius 2 is 2.29 bits per heavy atom. The van der Waals surface area contributed by atoms with Crippen molar-refractivity contribution < 1.29 is 4.74 Å². The SMILES string of the molecule is CCC1(C)OCc2nnc(SC)nc21. The Morgan fingerprint density at radius 3 is 2.93 bits per heavy atom. The van der Waals surface area contributed by atoms with Crippen LogP contribution in [0.25, 0.3) is 0 Å². The minimum Gasteiger partial charge on any atom is -0.362 e.